The fraction of sp³-hybridized carbons (Fsp3) is 0.500. The van der Waals surface area contributed by atoms with Crippen LogP contribution in [0.2, 0.25) is 0 Å². The van der Waals surface area contributed by atoms with Gasteiger partial charge in [0.05, 0.1) is 11.4 Å². The first-order chi connectivity index (χ1) is 5.65. The first kappa shape index (κ1) is 8.77. The van der Waals surface area contributed by atoms with Gasteiger partial charge in [-0.25, -0.2) is 9.97 Å². The first-order valence-electron chi connectivity index (χ1n) is 3.93. The molecule has 0 fully saturated rings. The Labute approximate surface area is 71.7 Å². The fourth-order valence-electron chi connectivity index (χ4n) is 0.948. The highest BCUT2D eigenvalue weighted by Gasteiger charge is 2.04. The summed E-state index contributed by atoms with van der Waals surface area (Å²) in [5.74, 6) is 0.752. The Morgan fingerprint density at radius 1 is 1.25 bits per heavy atom. The second kappa shape index (κ2) is 3.38. The minimum absolute atomic E-state index is 0.177. The molecule has 0 aliphatic heterocycles. The second-order valence-corrected chi connectivity index (χ2v) is 2.60. The van der Waals surface area contributed by atoms with Gasteiger partial charge in [0.2, 0.25) is 5.95 Å². The van der Waals surface area contributed by atoms with Crippen LogP contribution >= 0.6 is 0 Å². The summed E-state index contributed by atoms with van der Waals surface area (Å²) in [5.41, 5.74) is 1.22. The van der Waals surface area contributed by atoms with Crippen LogP contribution in [-0.4, -0.2) is 21.6 Å². The molecule has 4 nitrogen and oxygen atoms in total. The lowest BCUT2D eigenvalue weighted by Gasteiger charge is -2.05. The van der Waals surface area contributed by atoms with Gasteiger partial charge in [-0.15, -0.1) is 0 Å². The molecule has 4 heteroatoms. The molecule has 66 valence electrons. The van der Waals surface area contributed by atoms with E-state index in [9.17, 15) is 5.11 Å². The zero-order valence-corrected chi connectivity index (χ0v) is 7.55. The van der Waals surface area contributed by atoms with Crippen molar-refractivity contribution in [2.45, 2.75) is 20.8 Å². The number of aromatic nitrogens is 2. The van der Waals surface area contributed by atoms with E-state index in [0.717, 1.165) is 6.54 Å². The van der Waals surface area contributed by atoms with Crippen LogP contribution in [0.4, 0.5) is 5.95 Å². The largest absolute Gasteiger partial charge is 0.504 e. The molecular formula is C8H13N3O. The molecule has 0 radical (unpaired) electrons. The van der Waals surface area contributed by atoms with E-state index in [1.165, 1.54) is 0 Å². The summed E-state index contributed by atoms with van der Waals surface area (Å²) in [7, 11) is 0. The third-order valence-electron chi connectivity index (χ3n) is 1.57. The number of aromatic hydroxyl groups is 1. The highest BCUT2D eigenvalue weighted by atomic mass is 16.3. The number of aryl methyl sites for hydroxylation is 2. The van der Waals surface area contributed by atoms with E-state index < -0.39 is 0 Å². The van der Waals surface area contributed by atoms with E-state index in [0.29, 0.717) is 17.3 Å². The maximum atomic E-state index is 9.35. The van der Waals surface area contributed by atoms with Crippen LogP contribution in [0.3, 0.4) is 0 Å². The lowest BCUT2D eigenvalue weighted by molar-refractivity contribution is 0.459. The van der Waals surface area contributed by atoms with Crippen LogP contribution in [0, 0.1) is 13.8 Å². The molecule has 2 N–H and O–H groups in total. The van der Waals surface area contributed by atoms with Crippen LogP contribution in [0.1, 0.15) is 18.3 Å². The predicted molar refractivity (Wildman–Crippen MR) is 47.3 cm³/mol. The normalized spacial score (nSPS) is 9.92. The van der Waals surface area contributed by atoms with E-state index >= 15 is 0 Å². The molecular weight excluding hydrogens is 154 g/mol. The monoisotopic (exact) mass is 167 g/mol. The Bertz CT molecular complexity index is 263. The molecule has 0 unspecified atom stereocenters. The molecule has 0 aliphatic carbocycles. The number of nitrogens with one attached hydrogen (secondary N) is 1. The average Bonchev–Trinajstić information content (AvgIpc) is 2.01. The third-order valence-corrected chi connectivity index (χ3v) is 1.57. The van der Waals surface area contributed by atoms with E-state index in [1.54, 1.807) is 13.8 Å². The van der Waals surface area contributed by atoms with Gasteiger partial charge in [0.15, 0.2) is 5.75 Å². The van der Waals surface area contributed by atoms with Gasteiger partial charge in [-0.3, -0.25) is 0 Å². The topological polar surface area (TPSA) is 58.0 Å². The summed E-state index contributed by atoms with van der Waals surface area (Å²) >= 11 is 0. The molecule has 12 heavy (non-hydrogen) atoms. The van der Waals surface area contributed by atoms with Crippen LogP contribution in [0.25, 0.3) is 0 Å². The minimum atomic E-state index is 0.177. The van der Waals surface area contributed by atoms with E-state index in [2.05, 4.69) is 15.3 Å². The highest BCUT2D eigenvalue weighted by molar-refractivity contribution is 5.36. The van der Waals surface area contributed by atoms with Crippen molar-refractivity contribution in [3.8, 4) is 5.75 Å². The molecule has 1 aromatic heterocycles. The standard InChI is InChI=1S/C8H13N3O/c1-4-9-8-10-5(2)7(12)6(3)11-8/h12H,4H2,1-3H3,(H,9,10,11). The predicted octanol–water partition coefficient (Wildman–Crippen LogP) is 1.23. The lowest BCUT2D eigenvalue weighted by atomic mass is 10.3. The summed E-state index contributed by atoms with van der Waals surface area (Å²) in [5, 5.41) is 12.3. The number of rotatable bonds is 2. The molecule has 1 aromatic rings. The average molecular weight is 167 g/mol. The molecule has 0 saturated carbocycles. The summed E-state index contributed by atoms with van der Waals surface area (Å²) < 4.78 is 0. The van der Waals surface area contributed by atoms with Crippen LogP contribution in [0.15, 0.2) is 0 Å². The molecule has 0 amide bonds. The SMILES string of the molecule is CCNc1nc(C)c(O)c(C)n1. The zero-order chi connectivity index (χ0) is 9.14. The molecule has 0 saturated heterocycles. The maximum Gasteiger partial charge on any atom is 0.223 e. The Morgan fingerprint density at radius 2 is 1.75 bits per heavy atom. The molecule has 0 aliphatic rings. The van der Waals surface area contributed by atoms with Crippen molar-refractivity contribution >= 4 is 5.95 Å². The quantitative estimate of drug-likeness (QED) is 0.695. The van der Waals surface area contributed by atoms with Crippen LogP contribution in [-0.2, 0) is 0 Å². The number of nitrogens with zero attached hydrogens (tertiary/aromatic N) is 2. The van der Waals surface area contributed by atoms with Crippen molar-refractivity contribution < 1.29 is 5.11 Å². The van der Waals surface area contributed by atoms with E-state index in [1.807, 2.05) is 6.92 Å². The highest BCUT2D eigenvalue weighted by Crippen LogP contribution is 2.18. The summed E-state index contributed by atoms with van der Waals surface area (Å²) in [4.78, 5) is 8.10. The molecule has 0 aromatic carbocycles. The van der Waals surface area contributed by atoms with Gasteiger partial charge in [-0.05, 0) is 20.8 Å². The van der Waals surface area contributed by atoms with Gasteiger partial charge in [-0.1, -0.05) is 0 Å². The van der Waals surface area contributed by atoms with Gasteiger partial charge >= 0.3 is 0 Å². The van der Waals surface area contributed by atoms with E-state index in [-0.39, 0.29) is 5.75 Å². The smallest absolute Gasteiger partial charge is 0.223 e. The van der Waals surface area contributed by atoms with E-state index in [4.69, 9.17) is 0 Å². The van der Waals surface area contributed by atoms with Crippen LogP contribution in [0.5, 0.6) is 5.75 Å². The molecule has 0 bridgehead atoms. The summed E-state index contributed by atoms with van der Waals surface area (Å²) in [6.07, 6.45) is 0. The van der Waals surface area contributed by atoms with Crippen molar-refractivity contribution in [2.75, 3.05) is 11.9 Å². The number of hydrogen-bond acceptors (Lipinski definition) is 4. The van der Waals surface area contributed by atoms with Gasteiger partial charge < -0.3 is 10.4 Å². The molecule has 1 heterocycles. The minimum Gasteiger partial charge on any atom is -0.504 e. The van der Waals surface area contributed by atoms with Crippen molar-refractivity contribution in [2.24, 2.45) is 0 Å². The Balaban J connectivity index is 3.04. The van der Waals surface area contributed by atoms with Gasteiger partial charge in [-0.2, -0.15) is 0 Å². The van der Waals surface area contributed by atoms with Crippen molar-refractivity contribution in [1.82, 2.24) is 9.97 Å². The molecule has 0 spiro atoms. The lowest BCUT2D eigenvalue weighted by Crippen LogP contribution is -2.04. The fourth-order valence-corrected chi connectivity index (χ4v) is 0.948. The summed E-state index contributed by atoms with van der Waals surface area (Å²) in [6.45, 7) is 6.26. The van der Waals surface area contributed by atoms with Crippen LogP contribution < -0.4 is 5.32 Å². The first-order valence-corrected chi connectivity index (χ1v) is 3.93. The Kier molecular flexibility index (Phi) is 2.47. The molecule has 1 rings (SSSR count). The second-order valence-electron chi connectivity index (χ2n) is 2.60. The van der Waals surface area contributed by atoms with Gasteiger partial charge in [0, 0.05) is 6.54 Å². The Morgan fingerprint density at radius 3 is 2.17 bits per heavy atom. The van der Waals surface area contributed by atoms with Crippen molar-refractivity contribution in [3.63, 3.8) is 0 Å². The number of hydrogen-bond donors (Lipinski definition) is 2. The maximum absolute atomic E-state index is 9.35. The third kappa shape index (κ3) is 1.64. The van der Waals surface area contributed by atoms with Crippen molar-refractivity contribution in [3.05, 3.63) is 11.4 Å². The van der Waals surface area contributed by atoms with Gasteiger partial charge in [0.25, 0.3) is 0 Å². The molecule has 0 atom stereocenters. The van der Waals surface area contributed by atoms with Crippen molar-refractivity contribution in [1.29, 1.82) is 0 Å². The zero-order valence-electron chi connectivity index (χ0n) is 7.55. The van der Waals surface area contributed by atoms with Gasteiger partial charge in [0.1, 0.15) is 0 Å². The number of anilines is 1. The Hall–Kier alpha value is -1.32. The summed E-state index contributed by atoms with van der Waals surface area (Å²) in [6, 6.07) is 0.